The van der Waals surface area contributed by atoms with Gasteiger partial charge in [0.1, 0.15) is 11.5 Å². The number of nitrogens with zero attached hydrogens (tertiary/aromatic N) is 3. The van der Waals surface area contributed by atoms with Crippen LogP contribution in [-0.4, -0.2) is 33.8 Å². The molecule has 3 rings (SSSR count). The van der Waals surface area contributed by atoms with Gasteiger partial charge in [-0.25, -0.2) is 0 Å². The lowest BCUT2D eigenvalue weighted by molar-refractivity contribution is -0.127. The van der Waals surface area contributed by atoms with Gasteiger partial charge < -0.3 is 14.6 Å². The van der Waals surface area contributed by atoms with Crippen molar-refractivity contribution in [3.63, 3.8) is 0 Å². The zero-order chi connectivity index (χ0) is 19.4. The number of amides is 1. The van der Waals surface area contributed by atoms with Gasteiger partial charge in [0.25, 0.3) is 0 Å². The third-order valence-electron chi connectivity index (χ3n) is 3.76. The lowest BCUT2D eigenvalue weighted by Gasteiger charge is -2.14. The van der Waals surface area contributed by atoms with Gasteiger partial charge in [-0.05, 0) is 43.7 Å². The van der Waals surface area contributed by atoms with E-state index in [1.54, 1.807) is 11.9 Å². The van der Waals surface area contributed by atoms with Crippen LogP contribution in [0, 0.1) is 13.8 Å². The van der Waals surface area contributed by atoms with Gasteiger partial charge in [-0.3, -0.25) is 4.79 Å². The van der Waals surface area contributed by atoms with Crippen LogP contribution in [0.15, 0.2) is 39.1 Å². The number of aryl methyl sites for hydroxylation is 2. The lowest BCUT2D eigenvalue weighted by Crippen LogP contribution is -2.27. The Balaban J connectivity index is 1.51. The SMILES string of the molecule is Cc1ccc(CN(C)C(=O)CSc2nnc(Nc3ccc(C)c(Cl)c3)s2)o1. The summed E-state index contributed by atoms with van der Waals surface area (Å²) in [5, 5.41) is 12.8. The summed E-state index contributed by atoms with van der Waals surface area (Å²) in [7, 11) is 1.76. The molecule has 2 heterocycles. The first-order valence-corrected chi connectivity index (χ1v) is 10.4. The summed E-state index contributed by atoms with van der Waals surface area (Å²) in [6.45, 7) is 4.28. The third kappa shape index (κ3) is 5.47. The van der Waals surface area contributed by atoms with Crippen molar-refractivity contribution < 1.29 is 9.21 Å². The normalized spacial score (nSPS) is 10.8. The number of anilines is 2. The smallest absolute Gasteiger partial charge is 0.233 e. The molecule has 9 heteroatoms. The minimum atomic E-state index is 0.00378. The molecule has 0 saturated carbocycles. The van der Waals surface area contributed by atoms with Gasteiger partial charge in [0.15, 0.2) is 4.34 Å². The second-order valence-electron chi connectivity index (χ2n) is 6.01. The lowest BCUT2D eigenvalue weighted by atomic mass is 10.2. The maximum atomic E-state index is 12.3. The summed E-state index contributed by atoms with van der Waals surface area (Å²) in [5.74, 6) is 1.90. The molecule has 0 aliphatic rings. The Morgan fingerprint density at radius 3 is 2.81 bits per heavy atom. The highest BCUT2D eigenvalue weighted by atomic mass is 35.5. The van der Waals surface area contributed by atoms with Crippen LogP contribution in [0.5, 0.6) is 0 Å². The number of benzene rings is 1. The van der Waals surface area contributed by atoms with Crippen LogP contribution in [0.25, 0.3) is 0 Å². The zero-order valence-electron chi connectivity index (χ0n) is 15.2. The largest absolute Gasteiger partial charge is 0.464 e. The first-order valence-electron chi connectivity index (χ1n) is 8.19. The van der Waals surface area contributed by atoms with Gasteiger partial charge in [-0.1, -0.05) is 40.8 Å². The summed E-state index contributed by atoms with van der Waals surface area (Å²) in [6, 6.07) is 9.49. The minimum absolute atomic E-state index is 0.00378. The Labute approximate surface area is 170 Å². The molecule has 3 aromatic rings. The number of nitrogens with one attached hydrogen (secondary N) is 1. The molecule has 2 aromatic heterocycles. The number of thioether (sulfide) groups is 1. The average Bonchev–Trinajstić information content (AvgIpc) is 3.25. The van der Waals surface area contributed by atoms with Crippen molar-refractivity contribution in [3.05, 3.63) is 52.4 Å². The van der Waals surface area contributed by atoms with Crippen LogP contribution in [0.2, 0.25) is 5.02 Å². The van der Waals surface area contributed by atoms with Crippen molar-refractivity contribution >= 4 is 51.4 Å². The van der Waals surface area contributed by atoms with Crippen LogP contribution in [-0.2, 0) is 11.3 Å². The maximum Gasteiger partial charge on any atom is 0.233 e. The van der Waals surface area contributed by atoms with Crippen molar-refractivity contribution in [2.24, 2.45) is 0 Å². The highest BCUT2D eigenvalue weighted by Gasteiger charge is 2.14. The van der Waals surface area contributed by atoms with Crippen molar-refractivity contribution in [2.75, 3.05) is 18.1 Å². The monoisotopic (exact) mass is 422 g/mol. The summed E-state index contributed by atoms with van der Waals surface area (Å²) in [5.41, 5.74) is 1.87. The fourth-order valence-electron chi connectivity index (χ4n) is 2.24. The molecule has 0 aliphatic carbocycles. The number of furan rings is 1. The predicted molar refractivity (Wildman–Crippen MR) is 110 cm³/mol. The molecule has 0 atom stereocenters. The molecule has 27 heavy (non-hydrogen) atoms. The van der Waals surface area contributed by atoms with E-state index in [1.807, 2.05) is 44.2 Å². The molecule has 0 bridgehead atoms. The maximum absolute atomic E-state index is 12.3. The molecule has 142 valence electrons. The molecule has 0 aliphatic heterocycles. The van der Waals surface area contributed by atoms with Crippen molar-refractivity contribution in [2.45, 2.75) is 24.7 Å². The Bertz CT molecular complexity index is 941. The molecule has 6 nitrogen and oxygen atoms in total. The molecule has 1 aromatic carbocycles. The van der Waals surface area contributed by atoms with Crippen LogP contribution in [0.1, 0.15) is 17.1 Å². The van der Waals surface area contributed by atoms with Crippen molar-refractivity contribution in [1.82, 2.24) is 15.1 Å². The van der Waals surface area contributed by atoms with Gasteiger partial charge >= 0.3 is 0 Å². The highest BCUT2D eigenvalue weighted by molar-refractivity contribution is 8.01. The Morgan fingerprint density at radius 2 is 2.11 bits per heavy atom. The van der Waals surface area contributed by atoms with Crippen LogP contribution >= 0.6 is 34.7 Å². The van der Waals surface area contributed by atoms with E-state index in [9.17, 15) is 4.79 Å². The van der Waals surface area contributed by atoms with Crippen molar-refractivity contribution in [3.8, 4) is 0 Å². The molecule has 0 unspecified atom stereocenters. The molecule has 0 spiro atoms. The summed E-state index contributed by atoms with van der Waals surface area (Å²) >= 11 is 8.90. The molecule has 0 radical (unpaired) electrons. The van der Waals surface area contributed by atoms with Crippen LogP contribution < -0.4 is 5.32 Å². The van der Waals surface area contributed by atoms with Gasteiger partial charge in [0.2, 0.25) is 11.0 Å². The number of hydrogen-bond acceptors (Lipinski definition) is 7. The number of halogens is 1. The van der Waals surface area contributed by atoms with E-state index >= 15 is 0 Å². The van der Waals surface area contributed by atoms with Crippen molar-refractivity contribution in [1.29, 1.82) is 0 Å². The fraction of sp³-hybridized carbons (Fsp3) is 0.278. The minimum Gasteiger partial charge on any atom is -0.464 e. The van der Waals surface area contributed by atoms with E-state index in [2.05, 4.69) is 15.5 Å². The number of hydrogen-bond donors (Lipinski definition) is 1. The number of carbonyl (C=O) groups is 1. The average molecular weight is 423 g/mol. The summed E-state index contributed by atoms with van der Waals surface area (Å²) in [6.07, 6.45) is 0. The molecule has 1 N–H and O–H groups in total. The van der Waals surface area contributed by atoms with Crippen LogP contribution in [0.3, 0.4) is 0 Å². The van der Waals surface area contributed by atoms with Gasteiger partial charge in [-0.2, -0.15) is 0 Å². The predicted octanol–water partition coefficient (Wildman–Crippen LogP) is 4.90. The summed E-state index contributed by atoms with van der Waals surface area (Å²) < 4.78 is 6.23. The van der Waals surface area contributed by atoms with E-state index in [-0.39, 0.29) is 5.91 Å². The van der Waals surface area contributed by atoms with Gasteiger partial charge in [-0.15, -0.1) is 10.2 Å². The summed E-state index contributed by atoms with van der Waals surface area (Å²) in [4.78, 5) is 13.9. The standard InChI is InChI=1S/C18H19ClN4O2S2/c1-11-4-6-13(8-15(11)19)20-17-21-22-18(27-17)26-10-16(24)23(3)9-14-7-5-12(2)25-14/h4-8H,9-10H2,1-3H3,(H,20,21). The third-order valence-corrected chi connectivity index (χ3v) is 6.13. The first-order chi connectivity index (χ1) is 12.9. The molecule has 1 amide bonds. The van der Waals surface area contributed by atoms with Crippen LogP contribution in [0.4, 0.5) is 10.8 Å². The molecule has 0 saturated heterocycles. The number of rotatable bonds is 7. The van der Waals surface area contributed by atoms with E-state index in [1.165, 1.54) is 23.1 Å². The van der Waals surface area contributed by atoms with Gasteiger partial charge in [0.05, 0.1) is 12.3 Å². The highest BCUT2D eigenvalue weighted by Crippen LogP contribution is 2.29. The van der Waals surface area contributed by atoms with Gasteiger partial charge in [0, 0.05) is 17.8 Å². The second-order valence-corrected chi connectivity index (χ2v) is 8.62. The van der Waals surface area contributed by atoms with E-state index in [4.69, 9.17) is 16.0 Å². The van der Waals surface area contributed by atoms with E-state index in [0.717, 1.165) is 27.1 Å². The quantitative estimate of drug-likeness (QED) is 0.546. The van der Waals surface area contributed by atoms with E-state index < -0.39 is 0 Å². The Kier molecular flexibility index (Phi) is 6.41. The first kappa shape index (κ1) is 19.7. The fourth-order valence-corrected chi connectivity index (χ4v) is 4.13. The zero-order valence-corrected chi connectivity index (χ0v) is 17.5. The topological polar surface area (TPSA) is 71.3 Å². The Morgan fingerprint density at radius 1 is 1.30 bits per heavy atom. The number of carbonyl (C=O) groups excluding carboxylic acids is 1. The van der Waals surface area contributed by atoms with E-state index in [0.29, 0.717) is 22.5 Å². The molecular weight excluding hydrogens is 404 g/mol. The second kappa shape index (κ2) is 8.77. The Hall–Kier alpha value is -2.03. The number of aromatic nitrogens is 2. The molecule has 0 fully saturated rings. The molecular formula is C18H19ClN4O2S2.